The fraction of sp³-hybridized carbons (Fsp3) is 1.00. The van der Waals surface area contributed by atoms with Gasteiger partial charge in [-0.1, -0.05) is 0 Å². The SMILES string of the molecule is C[N+](C)(CCS)CCCCCN.[Br-]. The van der Waals surface area contributed by atoms with E-state index in [4.69, 9.17) is 5.73 Å². The van der Waals surface area contributed by atoms with Crippen LogP contribution < -0.4 is 22.7 Å². The Labute approximate surface area is 98.6 Å². The first kappa shape index (κ1) is 16.2. The van der Waals surface area contributed by atoms with Crippen LogP contribution in [0.1, 0.15) is 19.3 Å². The minimum Gasteiger partial charge on any atom is -1.00 e. The van der Waals surface area contributed by atoms with E-state index in [9.17, 15) is 0 Å². The molecule has 2 N–H and O–H groups in total. The highest BCUT2D eigenvalue weighted by molar-refractivity contribution is 7.80. The monoisotopic (exact) mass is 270 g/mol. The van der Waals surface area contributed by atoms with Crippen molar-refractivity contribution in [3.8, 4) is 0 Å². The van der Waals surface area contributed by atoms with Gasteiger partial charge in [-0.15, -0.1) is 0 Å². The van der Waals surface area contributed by atoms with Crippen molar-refractivity contribution in [3.05, 3.63) is 0 Å². The molecule has 0 aromatic carbocycles. The van der Waals surface area contributed by atoms with Gasteiger partial charge in [0.25, 0.3) is 0 Å². The van der Waals surface area contributed by atoms with Gasteiger partial charge in [-0.2, -0.15) is 12.6 Å². The summed E-state index contributed by atoms with van der Waals surface area (Å²) in [6, 6.07) is 0. The van der Waals surface area contributed by atoms with Gasteiger partial charge < -0.3 is 27.2 Å². The highest BCUT2D eigenvalue weighted by Gasteiger charge is 2.11. The second kappa shape index (κ2) is 9.31. The molecule has 0 unspecified atom stereocenters. The lowest BCUT2D eigenvalue weighted by atomic mass is 10.2. The Morgan fingerprint density at radius 2 is 1.69 bits per heavy atom. The molecule has 0 rings (SSSR count). The van der Waals surface area contributed by atoms with Gasteiger partial charge in [-0.25, -0.2) is 0 Å². The number of hydrogen-bond donors (Lipinski definition) is 2. The van der Waals surface area contributed by atoms with Gasteiger partial charge in [-0.05, 0) is 25.8 Å². The lowest BCUT2D eigenvalue weighted by molar-refractivity contribution is -0.888. The summed E-state index contributed by atoms with van der Waals surface area (Å²) < 4.78 is 1.09. The summed E-state index contributed by atoms with van der Waals surface area (Å²) in [5, 5.41) is 0. The van der Waals surface area contributed by atoms with Gasteiger partial charge in [0.2, 0.25) is 0 Å². The molecule has 0 heterocycles. The van der Waals surface area contributed by atoms with Gasteiger partial charge in [0.1, 0.15) is 0 Å². The van der Waals surface area contributed by atoms with Gasteiger partial charge in [0, 0.05) is 5.75 Å². The highest BCUT2D eigenvalue weighted by atomic mass is 79.9. The maximum Gasteiger partial charge on any atom is 0.0871 e. The van der Waals surface area contributed by atoms with Crippen LogP contribution in [0.2, 0.25) is 0 Å². The summed E-state index contributed by atoms with van der Waals surface area (Å²) in [5.41, 5.74) is 5.42. The van der Waals surface area contributed by atoms with Crippen molar-refractivity contribution in [2.45, 2.75) is 19.3 Å². The van der Waals surface area contributed by atoms with Crippen LogP contribution >= 0.6 is 12.6 Å². The van der Waals surface area contributed by atoms with Crippen molar-refractivity contribution in [2.75, 3.05) is 39.5 Å². The van der Waals surface area contributed by atoms with Crippen LogP contribution in [-0.4, -0.2) is 44.0 Å². The first-order valence-corrected chi connectivity index (χ1v) is 5.38. The number of rotatable bonds is 7. The summed E-state index contributed by atoms with van der Waals surface area (Å²) in [4.78, 5) is 0. The summed E-state index contributed by atoms with van der Waals surface area (Å²) in [6.07, 6.45) is 3.73. The summed E-state index contributed by atoms with van der Waals surface area (Å²) in [7, 11) is 4.53. The lowest BCUT2D eigenvalue weighted by Gasteiger charge is -2.29. The molecule has 0 atom stereocenters. The van der Waals surface area contributed by atoms with E-state index in [1.165, 1.54) is 25.8 Å². The smallest absolute Gasteiger partial charge is 0.0871 e. The molecule has 0 aromatic heterocycles. The van der Waals surface area contributed by atoms with E-state index in [1.54, 1.807) is 0 Å². The van der Waals surface area contributed by atoms with Crippen molar-refractivity contribution < 1.29 is 21.5 Å². The Kier molecular flexibility index (Phi) is 11.6. The molecule has 82 valence electrons. The van der Waals surface area contributed by atoms with Crippen LogP contribution in [-0.2, 0) is 0 Å². The molecule has 2 nitrogen and oxygen atoms in total. The Morgan fingerprint density at radius 3 is 2.15 bits per heavy atom. The fourth-order valence-electron chi connectivity index (χ4n) is 1.24. The summed E-state index contributed by atoms with van der Waals surface area (Å²) in [6.45, 7) is 3.24. The second-order valence-electron chi connectivity index (χ2n) is 3.96. The van der Waals surface area contributed by atoms with E-state index < -0.39 is 0 Å². The minimum absolute atomic E-state index is 0. The van der Waals surface area contributed by atoms with Crippen LogP contribution in [0.4, 0.5) is 0 Å². The van der Waals surface area contributed by atoms with Gasteiger partial charge in [0.05, 0.1) is 27.2 Å². The van der Waals surface area contributed by atoms with Crippen molar-refractivity contribution in [3.63, 3.8) is 0 Å². The molecule has 4 heteroatoms. The molecular formula is C9H23BrN2S. The van der Waals surface area contributed by atoms with Gasteiger partial charge in [0.15, 0.2) is 0 Å². The predicted octanol–water partition coefficient (Wildman–Crippen LogP) is -1.87. The molecule has 0 aliphatic carbocycles. The van der Waals surface area contributed by atoms with E-state index in [-0.39, 0.29) is 17.0 Å². The third-order valence-corrected chi connectivity index (χ3v) is 2.37. The van der Waals surface area contributed by atoms with E-state index in [1.807, 2.05) is 0 Å². The topological polar surface area (TPSA) is 26.0 Å². The summed E-state index contributed by atoms with van der Waals surface area (Å²) >= 11 is 4.24. The molecule has 0 aromatic rings. The first-order valence-electron chi connectivity index (χ1n) is 4.75. The third-order valence-electron chi connectivity index (χ3n) is 2.17. The zero-order chi connectivity index (χ0) is 9.45. The molecule has 0 amide bonds. The van der Waals surface area contributed by atoms with Crippen LogP contribution in [0, 0.1) is 0 Å². The molecule has 13 heavy (non-hydrogen) atoms. The molecule has 0 aliphatic heterocycles. The molecular weight excluding hydrogens is 248 g/mol. The molecule has 0 bridgehead atoms. The van der Waals surface area contributed by atoms with Crippen LogP contribution in [0.3, 0.4) is 0 Å². The Balaban J connectivity index is 0. The minimum atomic E-state index is 0. The average Bonchev–Trinajstić information content (AvgIpc) is 1.98. The summed E-state index contributed by atoms with van der Waals surface area (Å²) in [5.74, 6) is 0.976. The Hall–Kier alpha value is 0.750. The van der Waals surface area contributed by atoms with Gasteiger partial charge >= 0.3 is 0 Å². The number of nitrogens with two attached hydrogens (primary N) is 1. The van der Waals surface area contributed by atoms with Crippen molar-refractivity contribution in [2.24, 2.45) is 5.73 Å². The largest absolute Gasteiger partial charge is 1.00 e. The molecule has 0 radical (unpaired) electrons. The molecule has 0 saturated carbocycles. The average molecular weight is 271 g/mol. The maximum absolute atomic E-state index is 5.42. The van der Waals surface area contributed by atoms with E-state index >= 15 is 0 Å². The zero-order valence-electron chi connectivity index (χ0n) is 8.80. The van der Waals surface area contributed by atoms with Crippen LogP contribution in [0.15, 0.2) is 0 Å². The second-order valence-corrected chi connectivity index (χ2v) is 4.40. The van der Waals surface area contributed by atoms with E-state index in [0.717, 1.165) is 23.3 Å². The quantitative estimate of drug-likeness (QED) is 0.317. The highest BCUT2D eigenvalue weighted by Crippen LogP contribution is 2.03. The Bertz CT molecular complexity index is 110. The van der Waals surface area contributed by atoms with E-state index in [0.29, 0.717) is 0 Å². The zero-order valence-corrected chi connectivity index (χ0v) is 11.3. The molecule has 0 spiro atoms. The molecule has 0 aliphatic rings. The number of thiol groups is 1. The third kappa shape index (κ3) is 10.7. The Morgan fingerprint density at radius 1 is 1.08 bits per heavy atom. The molecule has 0 saturated heterocycles. The maximum atomic E-state index is 5.42. The van der Waals surface area contributed by atoms with Crippen molar-refractivity contribution in [1.82, 2.24) is 0 Å². The molecule has 0 fully saturated rings. The number of hydrogen-bond acceptors (Lipinski definition) is 2. The first-order chi connectivity index (χ1) is 5.62. The predicted molar refractivity (Wildman–Crippen MR) is 58.6 cm³/mol. The fourth-order valence-corrected chi connectivity index (χ4v) is 1.78. The van der Waals surface area contributed by atoms with Crippen LogP contribution in [0.25, 0.3) is 0 Å². The van der Waals surface area contributed by atoms with Crippen molar-refractivity contribution in [1.29, 1.82) is 0 Å². The lowest BCUT2D eigenvalue weighted by Crippen LogP contribution is -3.00. The normalized spacial score (nSPS) is 11.1. The number of halogens is 1. The van der Waals surface area contributed by atoms with E-state index in [2.05, 4.69) is 26.7 Å². The van der Waals surface area contributed by atoms with Crippen LogP contribution in [0.5, 0.6) is 0 Å². The standard InChI is InChI=1S/C9H22N2S.BrH/c1-11(2,8-9-12)7-5-3-4-6-10;/h3-10H2,1-2H3;1H. The number of quaternary nitrogens is 1. The van der Waals surface area contributed by atoms with Crippen molar-refractivity contribution >= 4 is 12.6 Å². The number of nitrogens with zero attached hydrogens (tertiary/aromatic N) is 1. The number of unbranched alkanes of at least 4 members (excludes halogenated alkanes) is 2. The van der Waals surface area contributed by atoms with Gasteiger partial charge in [-0.3, -0.25) is 0 Å².